The third-order valence-electron chi connectivity index (χ3n) is 4.70. The summed E-state index contributed by atoms with van der Waals surface area (Å²) in [5.74, 6) is 1.03. The van der Waals surface area contributed by atoms with E-state index in [0.29, 0.717) is 19.7 Å². The van der Waals surface area contributed by atoms with Crippen LogP contribution < -0.4 is 0 Å². The van der Waals surface area contributed by atoms with E-state index in [0.717, 1.165) is 24.2 Å². The van der Waals surface area contributed by atoms with Crippen LogP contribution in [0.4, 0.5) is 0 Å². The highest BCUT2D eigenvalue weighted by Crippen LogP contribution is 2.49. The Morgan fingerprint density at radius 3 is 2.64 bits per heavy atom. The number of ether oxygens (including phenoxy) is 1. The number of carbonyl (C=O) groups is 1. The molecule has 4 nitrogen and oxygen atoms in total. The molecule has 1 aromatic carbocycles. The van der Waals surface area contributed by atoms with Crippen LogP contribution >= 0.6 is 0 Å². The maximum Gasteiger partial charge on any atom is 0.233 e. The van der Waals surface area contributed by atoms with Gasteiger partial charge in [-0.05, 0) is 30.5 Å². The third-order valence-corrected chi connectivity index (χ3v) is 4.70. The van der Waals surface area contributed by atoms with Crippen molar-refractivity contribution in [3.63, 3.8) is 0 Å². The fourth-order valence-electron chi connectivity index (χ4n) is 3.29. The molecular formula is C18H19NO3. The summed E-state index contributed by atoms with van der Waals surface area (Å²) in [4.78, 5) is 15.0. The highest BCUT2D eigenvalue weighted by atomic mass is 16.5. The lowest BCUT2D eigenvalue weighted by molar-refractivity contribution is -0.142. The SMILES string of the molecule is O=C(N1CCO[C@@H](c2ccco2)C1)C1(c2ccccc2)CC1. The van der Waals surface area contributed by atoms with E-state index in [4.69, 9.17) is 9.15 Å². The molecule has 1 atom stereocenters. The van der Waals surface area contributed by atoms with Gasteiger partial charge >= 0.3 is 0 Å². The van der Waals surface area contributed by atoms with E-state index in [2.05, 4.69) is 12.1 Å². The summed E-state index contributed by atoms with van der Waals surface area (Å²) in [6.45, 7) is 1.79. The van der Waals surface area contributed by atoms with E-state index in [1.165, 1.54) is 0 Å². The van der Waals surface area contributed by atoms with Gasteiger partial charge in [0.2, 0.25) is 5.91 Å². The lowest BCUT2D eigenvalue weighted by Crippen LogP contribution is -2.46. The van der Waals surface area contributed by atoms with E-state index in [9.17, 15) is 4.79 Å². The Hall–Kier alpha value is -2.07. The maximum atomic E-state index is 13.0. The first kappa shape index (κ1) is 13.6. The number of carbonyl (C=O) groups excluding carboxylic acids is 1. The minimum Gasteiger partial charge on any atom is -0.467 e. The topological polar surface area (TPSA) is 42.7 Å². The molecule has 1 amide bonds. The van der Waals surface area contributed by atoms with E-state index in [1.807, 2.05) is 35.2 Å². The molecule has 2 aliphatic rings. The van der Waals surface area contributed by atoms with Crippen molar-refractivity contribution in [2.24, 2.45) is 0 Å². The molecule has 1 saturated heterocycles. The van der Waals surface area contributed by atoms with Crippen LogP contribution in [0.1, 0.15) is 30.3 Å². The lowest BCUT2D eigenvalue weighted by Gasteiger charge is -2.34. The average molecular weight is 297 g/mol. The molecule has 1 aliphatic heterocycles. The highest BCUT2D eigenvalue weighted by Gasteiger charge is 2.53. The zero-order valence-electron chi connectivity index (χ0n) is 12.4. The summed E-state index contributed by atoms with van der Waals surface area (Å²) in [7, 11) is 0. The molecule has 0 spiro atoms. The minimum absolute atomic E-state index is 0.153. The number of hydrogen-bond donors (Lipinski definition) is 0. The zero-order chi connectivity index (χ0) is 15.0. The van der Waals surface area contributed by atoms with Crippen molar-refractivity contribution < 1.29 is 13.9 Å². The summed E-state index contributed by atoms with van der Waals surface area (Å²) < 4.78 is 11.2. The molecule has 0 unspecified atom stereocenters. The average Bonchev–Trinajstić information content (AvgIpc) is 3.21. The molecule has 1 aromatic heterocycles. The Balaban J connectivity index is 1.53. The molecule has 2 heterocycles. The van der Waals surface area contributed by atoms with Crippen LogP contribution in [0.3, 0.4) is 0 Å². The van der Waals surface area contributed by atoms with Gasteiger partial charge in [-0.1, -0.05) is 30.3 Å². The smallest absolute Gasteiger partial charge is 0.233 e. The molecule has 0 radical (unpaired) electrons. The maximum absolute atomic E-state index is 13.0. The van der Waals surface area contributed by atoms with E-state index < -0.39 is 0 Å². The molecule has 0 N–H and O–H groups in total. The van der Waals surface area contributed by atoms with Crippen LogP contribution in [-0.4, -0.2) is 30.5 Å². The van der Waals surface area contributed by atoms with Gasteiger partial charge in [-0.15, -0.1) is 0 Å². The van der Waals surface area contributed by atoms with Crippen LogP contribution in [0, 0.1) is 0 Å². The van der Waals surface area contributed by atoms with Gasteiger partial charge in [0.15, 0.2) is 0 Å². The van der Waals surface area contributed by atoms with Gasteiger partial charge in [0.05, 0.1) is 24.8 Å². The largest absolute Gasteiger partial charge is 0.467 e. The first-order valence-corrected chi connectivity index (χ1v) is 7.79. The van der Waals surface area contributed by atoms with Crippen molar-refractivity contribution in [1.29, 1.82) is 0 Å². The predicted molar refractivity (Wildman–Crippen MR) is 81.3 cm³/mol. The molecular weight excluding hydrogens is 278 g/mol. The predicted octanol–water partition coefficient (Wildman–Crippen LogP) is 2.91. The first-order valence-electron chi connectivity index (χ1n) is 7.79. The van der Waals surface area contributed by atoms with Gasteiger partial charge in [0.1, 0.15) is 11.9 Å². The van der Waals surface area contributed by atoms with Crippen molar-refractivity contribution in [3.8, 4) is 0 Å². The second-order valence-electron chi connectivity index (χ2n) is 6.07. The number of rotatable bonds is 3. The molecule has 2 aromatic rings. The van der Waals surface area contributed by atoms with Gasteiger partial charge in [-0.3, -0.25) is 4.79 Å². The Labute approximate surface area is 129 Å². The third kappa shape index (κ3) is 2.24. The number of benzene rings is 1. The number of furan rings is 1. The fourth-order valence-corrected chi connectivity index (χ4v) is 3.29. The van der Waals surface area contributed by atoms with Crippen LogP contribution in [0.2, 0.25) is 0 Å². The van der Waals surface area contributed by atoms with Crippen molar-refractivity contribution in [2.75, 3.05) is 19.7 Å². The van der Waals surface area contributed by atoms with Crippen molar-refractivity contribution in [3.05, 3.63) is 60.1 Å². The molecule has 114 valence electrons. The van der Waals surface area contributed by atoms with Crippen molar-refractivity contribution in [1.82, 2.24) is 4.90 Å². The van der Waals surface area contributed by atoms with Gasteiger partial charge in [-0.25, -0.2) is 0 Å². The van der Waals surface area contributed by atoms with Crippen molar-refractivity contribution >= 4 is 5.91 Å². The standard InChI is InChI=1S/C18H19NO3/c20-17(18(8-9-18)14-5-2-1-3-6-14)19-10-12-22-16(13-19)15-7-4-11-21-15/h1-7,11,16H,8-10,12-13H2/t16-/m1/s1. The summed E-state index contributed by atoms with van der Waals surface area (Å²) in [6, 6.07) is 13.9. The van der Waals surface area contributed by atoms with Crippen LogP contribution in [0.5, 0.6) is 0 Å². The summed E-state index contributed by atoms with van der Waals surface area (Å²) >= 11 is 0. The number of nitrogens with zero attached hydrogens (tertiary/aromatic N) is 1. The van der Waals surface area contributed by atoms with Gasteiger partial charge in [-0.2, -0.15) is 0 Å². The molecule has 22 heavy (non-hydrogen) atoms. The molecule has 1 saturated carbocycles. The van der Waals surface area contributed by atoms with Gasteiger partial charge in [0, 0.05) is 6.54 Å². The van der Waals surface area contributed by atoms with E-state index in [1.54, 1.807) is 6.26 Å². The normalized spacial score (nSPS) is 23.3. The van der Waals surface area contributed by atoms with Crippen LogP contribution in [0.25, 0.3) is 0 Å². The lowest BCUT2D eigenvalue weighted by atomic mass is 9.94. The number of hydrogen-bond acceptors (Lipinski definition) is 3. The highest BCUT2D eigenvalue weighted by molar-refractivity contribution is 5.91. The summed E-state index contributed by atoms with van der Waals surface area (Å²) in [5.41, 5.74) is 0.841. The van der Waals surface area contributed by atoms with E-state index in [-0.39, 0.29) is 17.4 Å². The Morgan fingerprint density at radius 1 is 1.14 bits per heavy atom. The second-order valence-corrected chi connectivity index (χ2v) is 6.07. The van der Waals surface area contributed by atoms with Gasteiger partial charge < -0.3 is 14.1 Å². The molecule has 4 heteroatoms. The fraction of sp³-hybridized carbons (Fsp3) is 0.389. The molecule has 1 aliphatic carbocycles. The first-order chi connectivity index (χ1) is 10.8. The Morgan fingerprint density at radius 2 is 1.95 bits per heavy atom. The van der Waals surface area contributed by atoms with Crippen LogP contribution in [0.15, 0.2) is 53.1 Å². The molecule has 4 rings (SSSR count). The summed E-state index contributed by atoms with van der Waals surface area (Å²) in [6.07, 6.45) is 3.38. The van der Waals surface area contributed by atoms with E-state index >= 15 is 0 Å². The summed E-state index contributed by atoms with van der Waals surface area (Å²) in [5, 5.41) is 0. The quantitative estimate of drug-likeness (QED) is 0.875. The van der Waals surface area contributed by atoms with Gasteiger partial charge in [0.25, 0.3) is 0 Å². The number of morpholine rings is 1. The van der Waals surface area contributed by atoms with Crippen LogP contribution in [-0.2, 0) is 14.9 Å². The Bertz CT molecular complexity index is 646. The monoisotopic (exact) mass is 297 g/mol. The van der Waals surface area contributed by atoms with Crippen molar-refractivity contribution in [2.45, 2.75) is 24.4 Å². The molecule has 2 fully saturated rings. The Kier molecular flexibility index (Phi) is 3.26. The second kappa shape index (κ2) is 5.29. The number of amides is 1. The molecule has 0 bridgehead atoms. The zero-order valence-corrected chi connectivity index (χ0v) is 12.4. The minimum atomic E-state index is -0.299.